The Morgan fingerprint density at radius 1 is 1.22 bits per heavy atom. The Morgan fingerprint density at radius 2 is 1.89 bits per heavy atom. The fraction of sp³-hybridized carbons (Fsp3) is 0.333. The van der Waals surface area contributed by atoms with E-state index in [0.717, 1.165) is 6.54 Å². The van der Waals surface area contributed by atoms with E-state index in [2.05, 4.69) is 79.0 Å². The lowest BCUT2D eigenvalue weighted by atomic mass is 9.99. The maximum atomic E-state index is 3.59. The van der Waals surface area contributed by atoms with Gasteiger partial charge in [-0.3, -0.25) is 0 Å². The van der Waals surface area contributed by atoms with Crippen LogP contribution in [0, 0.1) is 17.4 Å². The molecule has 1 nitrogen and oxygen atoms in total. The highest BCUT2D eigenvalue weighted by atomic mass is 127. The number of rotatable bonds is 4. The predicted octanol–water partition coefficient (Wildman–Crippen LogP) is 4.67. The highest BCUT2D eigenvalue weighted by Crippen LogP contribution is 2.30. The number of hydrogen-bond donors (Lipinski definition) is 1. The topological polar surface area (TPSA) is 12.0 Å². The fourth-order valence-electron chi connectivity index (χ4n) is 2.20. The molecule has 0 spiro atoms. The van der Waals surface area contributed by atoms with Gasteiger partial charge in [0.05, 0.1) is 6.04 Å². The summed E-state index contributed by atoms with van der Waals surface area (Å²) in [6.45, 7) is 7.53. The second-order valence-electron chi connectivity index (χ2n) is 4.41. The van der Waals surface area contributed by atoms with Crippen molar-refractivity contribution < 1.29 is 0 Å². The van der Waals surface area contributed by atoms with Gasteiger partial charge in [-0.1, -0.05) is 19.1 Å². The van der Waals surface area contributed by atoms with Gasteiger partial charge in [0.25, 0.3) is 0 Å². The van der Waals surface area contributed by atoms with E-state index in [-0.39, 0.29) is 0 Å². The van der Waals surface area contributed by atoms with E-state index in [4.69, 9.17) is 0 Å². The second kappa shape index (κ2) is 6.17. The average Bonchev–Trinajstić information content (AvgIpc) is 2.67. The van der Waals surface area contributed by atoms with Gasteiger partial charge in [-0.2, -0.15) is 0 Å². The summed E-state index contributed by atoms with van der Waals surface area (Å²) in [4.78, 5) is 2.80. The van der Waals surface area contributed by atoms with Gasteiger partial charge >= 0.3 is 0 Å². The highest BCUT2D eigenvalue weighted by Gasteiger charge is 2.16. The van der Waals surface area contributed by atoms with E-state index in [1.165, 1.54) is 24.5 Å². The number of hydrogen-bond acceptors (Lipinski definition) is 2. The lowest BCUT2D eigenvalue weighted by Crippen LogP contribution is -2.22. The summed E-state index contributed by atoms with van der Waals surface area (Å²) in [7, 11) is 0. The molecule has 18 heavy (non-hydrogen) atoms. The number of nitrogens with one attached hydrogen (secondary N) is 1. The molecule has 0 aliphatic carbocycles. The minimum Gasteiger partial charge on any atom is -0.306 e. The van der Waals surface area contributed by atoms with Crippen LogP contribution in [-0.4, -0.2) is 6.54 Å². The molecular formula is C15H18INS. The van der Waals surface area contributed by atoms with Crippen LogP contribution in [0.5, 0.6) is 0 Å². The van der Waals surface area contributed by atoms with Crippen LogP contribution in [0.15, 0.2) is 30.3 Å². The van der Waals surface area contributed by atoms with Gasteiger partial charge in [-0.25, -0.2) is 0 Å². The minimum absolute atomic E-state index is 0.317. The quantitative estimate of drug-likeness (QED) is 0.771. The molecule has 0 saturated heterocycles. The zero-order valence-electron chi connectivity index (χ0n) is 11.0. The summed E-state index contributed by atoms with van der Waals surface area (Å²) in [6.07, 6.45) is 0. The Bertz CT molecular complexity index is 516. The van der Waals surface area contributed by atoms with Gasteiger partial charge < -0.3 is 5.32 Å². The van der Waals surface area contributed by atoms with Crippen LogP contribution in [0.2, 0.25) is 0 Å². The Morgan fingerprint density at radius 3 is 2.39 bits per heavy atom. The second-order valence-corrected chi connectivity index (χ2v) is 7.12. The third-order valence-electron chi connectivity index (χ3n) is 3.00. The molecule has 0 aliphatic rings. The molecule has 1 N–H and O–H groups in total. The molecule has 0 fully saturated rings. The first-order valence-electron chi connectivity index (χ1n) is 6.17. The summed E-state index contributed by atoms with van der Waals surface area (Å²) < 4.78 is 1.28. The number of aryl methyl sites for hydroxylation is 2. The van der Waals surface area contributed by atoms with Gasteiger partial charge in [-0.15, -0.1) is 11.3 Å². The summed E-state index contributed by atoms with van der Waals surface area (Å²) >= 11 is 4.23. The van der Waals surface area contributed by atoms with Crippen molar-refractivity contribution in [3.8, 4) is 0 Å². The van der Waals surface area contributed by atoms with Crippen LogP contribution in [0.3, 0.4) is 0 Å². The third kappa shape index (κ3) is 3.13. The average molecular weight is 371 g/mol. The van der Waals surface area contributed by atoms with Crippen LogP contribution < -0.4 is 5.32 Å². The maximum absolute atomic E-state index is 3.59. The molecule has 0 amide bonds. The van der Waals surface area contributed by atoms with Gasteiger partial charge in [0.2, 0.25) is 0 Å². The standard InChI is InChI=1S/C15H18INS/c1-4-17-15(12-5-7-13(16)8-6-12)14-9-10(2)18-11(14)3/h5-9,15,17H,4H2,1-3H3. The molecule has 1 unspecified atom stereocenters. The van der Waals surface area contributed by atoms with Gasteiger partial charge in [0.1, 0.15) is 0 Å². The number of halogens is 1. The van der Waals surface area contributed by atoms with Crippen LogP contribution in [0.25, 0.3) is 0 Å². The van der Waals surface area contributed by atoms with Crippen LogP contribution in [0.4, 0.5) is 0 Å². The van der Waals surface area contributed by atoms with E-state index in [9.17, 15) is 0 Å². The summed E-state index contributed by atoms with van der Waals surface area (Å²) in [6, 6.07) is 11.4. The van der Waals surface area contributed by atoms with Crippen LogP contribution >= 0.6 is 33.9 Å². The maximum Gasteiger partial charge on any atom is 0.0587 e. The van der Waals surface area contributed by atoms with Crippen molar-refractivity contribution in [2.45, 2.75) is 26.8 Å². The summed E-state index contributed by atoms with van der Waals surface area (Å²) in [5, 5.41) is 3.59. The van der Waals surface area contributed by atoms with E-state index >= 15 is 0 Å². The van der Waals surface area contributed by atoms with Crippen molar-refractivity contribution in [3.05, 3.63) is 54.8 Å². The molecular weight excluding hydrogens is 353 g/mol. The van der Waals surface area contributed by atoms with E-state index in [1.54, 1.807) is 0 Å². The third-order valence-corrected chi connectivity index (χ3v) is 4.70. The molecule has 0 saturated carbocycles. The van der Waals surface area contributed by atoms with Crippen LogP contribution in [-0.2, 0) is 0 Å². The number of thiophene rings is 1. The molecule has 1 heterocycles. The molecule has 1 aromatic carbocycles. The first-order chi connectivity index (χ1) is 8.61. The molecule has 2 aromatic rings. The molecule has 1 aromatic heterocycles. The SMILES string of the molecule is CCNC(c1ccc(I)cc1)c1cc(C)sc1C. The van der Waals surface area contributed by atoms with Crippen molar-refractivity contribution in [1.29, 1.82) is 0 Å². The molecule has 0 bridgehead atoms. The zero-order valence-corrected chi connectivity index (χ0v) is 13.9. The predicted molar refractivity (Wildman–Crippen MR) is 88.5 cm³/mol. The van der Waals surface area contributed by atoms with Gasteiger partial charge in [0.15, 0.2) is 0 Å². The van der Waals surface area contributed by atoms with Crippen molar-refractivity contribution >= 4 is 33.9 Å². The largest absolute Gasteiger partial charge is 0.306 e. The van der Waals surface area contributed by atoms with Crippen LogP contribution in [0.1, 0.15) is 33.8 Å². The first kappa shape index (κ1) is 14.0. The van der Waals surface area contributed by atoms with Crippen molar-refractivity contribution in [2.24, 2.45) is 0 Å². The summed E-state index contributed by atoms with van der Waals surface area (Å²) in [5.41, 5.74) is 2.76. The van der Waals surface area contributed by atoms with E-state index in [0.29, 0.717) is 6.04 Å². The van der Waals surface area contributed by atoms with E-state index in [1.807, 2.05) is 11.3 Å². The van der Waals surface area contributed by atoms with Crippen molar-refractivity contribution in [3.63, 3.8) is 0 Å². The lowest BCUT2D eigenvalue weighted by Gasteiger charge is -2.18. The molecule has 3 heteroatoms. The fourth-order valence-corrected chi connectivity index (χ4v) is 3.53. The smallest absolute Gasteiger partial charge is 0.0587 e. The van der Waals surface area contributed by atoms with Crippen molar-refractivity contribution in [2.75, 3.05) is 6.54 Å². The van der Waals surface area contributed by atoms with E-state index < -0.39 is 0 Å². The Labute approximate surface area is 127 Å². The van der Waals surface area contributed by atoms with Crippen molar-refractivity contribution in [1.82, 2.24) is 5.32 Å². The van der Waals surface area contributed by atoms with Gasteiger partial charge in [-0.05, 0) is 72.3 Å². The molecule has 0 aliphatic heterocycles. The first-order valence-corrected chi connectivity index (χ1v) is 8.07. The zero-order chi connectivity index (χ0) is 13.1. The normalized spacial score (nSPS) is 12.7. The number of benzene rings is 1. The Kier molecular flexibility index (Phi) is 4.81. The molecule has 0 radical (unpaired) electrons. The monoisotopic (exact) mass is 371 g/mol. The Balaban J connectivity index is 2.39. The molecule has 1 atom stereocenters. The molecule has 96 valence electrons. The molecule has 2 rings (SSSR count). The van der Waals surface area contributed by atoms with Gasteiger partial charge in [0, 0.05) is 13.3 Å². The Hall–Kier alpha value is -0.390. The lowest BCUT2D eigenvalue weighted by molar-refractivity contribution is 0.630. The highest BCUT2D eigenvalue weighted by molar-refractivity contribution is 14.1. The minimum atomic E-state index is 0.317. The summed E-state index contributed by atoms with van der Waals surface area (Å²) in [5.74, 6) is 0.